The number of hydrogen-bond donors (Lipinski definition) is 1. The summed E-state index contributed by atoms with van der Waals surface area (Å²) < 4.78 is 12.7. The molecule has 1 saturated carbocycles. The Morgan fingerprint density at radius 2 is 2.19 bits per heavy atom. The second-order valence-electron chi connectivity index (χ2n) is 9.17. The Morgan fingerprint density at radius 3 is 2.93 bits per heavy atom. The largest absolute Gasteiger partial charge is 0.504 e. The van der Waals surface area contributed by atoms with Crippen LogP contribution >= 0.6 is 0 Å². The van der Waals surface area contributed by atoms with Crippen molar-refractivity contribution in [1.82, 2.24) is 4.90 Å². The van der Waals surface area contributed by atoms with Crippen LogP contribution in [0, 0.1) is 11.3 Å². The van der Waals surface area contributed by atoms with Crippen molar-refractivity contribution < 1.29 is 19.4 Å². The molecule has 2 fully saturated rings. The van der Waals surface area contributed by atoms with E-state index in [1.54, 1.807) is 20.1 Å². The molecule has 5 heteroatoms. The molecule has 27 heavy (non-hydrogen) atoms. The second kappa shape index (κ2) is 4.58. The van der Waals surface area contributed by atoms with E-state index in [0.717, 1.165) is 25.8 Å². The van der Waals surface area contributed by atoms with Crippen LogP contribution in [0.3, 0.4) is 0 Å². The van der Waals surface area contributed by atoms with Gasteiger partial charge in [0, 0.05) is 24.1 Å². The molecule has 142 valence electrons. The lowest BCUT2D eigenvalue weighted by Gasteiger charge is -2.70. The standard InChI is InChI=1S/C22H25NO4/c1-12(24)14-11-20-6-7-22(14,26-3)19-21(20)8-9-23(2)16(20)10-13-4-5-15(25)18(27-19)17(13)21/h4-7,14,16,19,25H,8-11H2,1-3H3/t14-,16?,19?,20-,21?,22-/m1/s1. The van der Waals surface area contributed by atoms with Crippen LogP contribution in [0.5, 0.6) is 11.5 Å². The molecule has 3 unspecified atom stereocenters. The molecule has 1 N–H and O–H groups in total. The quantitative estimate of drug-likeness (QED) is 0.812. The summed E-state index contributed by atoms with van der Waals surface area (Å²) in [7, 11) is 3.89. The van der Waals surface area contributed by atoms with E-state index < -0.39 is 5.60 Å². The van der Waals surface area contributed by atoms with Gasteiger partial charge < -0.3 is 19.5 Å². The van der Waals surface area contributed by atoms with Gasteiger partial charge in [-0.2, -0.15) is 0 Å². The van der Waals surface area contributed by atoms with E-state index in [2.05, 4.69) is 30.2 Å². The molecule has 6 aliphatic rings. The Kier molecular flexibility index (Phi) is 2.74. The van der Waals surface area contributed by atoms with Gasteiger partial charge in [-0.1, -0.05) is 18.2 Å². The number of aromatic hydroxyl groups is 1. The van der Waals surface area contributed by atoms with Crippen LogP contribution in [0.1, 0.15) is 30.9 Å². The van der Waals surface area contributed by atoms with Gasteiger partial charge in [-0.15, -0.1) is 0 Å². The number of phenolic OH excluding ortho intramolecular Hbond substituents is 1. The summed E-state index contributed by atoms with van der Waals surface area (Å²) in [5.41, 5.74) is 1.30. The Morgan fingerprint density at radius 1 is 1.37 bits per heavy atom. The molecular weight excluding hydrogens is 342 g/mol. The highest BCUT2D eigenvalue weighted by molar-refractivity contribution is 5.82. The van der Waals surface area contributed by atoms with Gasteiger partial charge in [0.2, 0.25) is 0 Å². The van der Waals surface area contributed by atoms with Crippen LogP contribution in [-0.2, 0) is 21.4 Å². The summed E-state index contributed by atoms with van der Waals surface area (Å²) in [6, 6.07) is 4.15. The van der Waals surface area contributed by atoms with E-state index in [9.17, 15) is 9.90 Å². The number of rotatable bonds is 2. The number of ether oxygens (including phenoxy) is 2. The summed E-state index contributed by atoms with van der Waals surface area (Å²) in [4.78, 5) is 15.2. The number of ketones is 1. The fourth-order valence-corrected chi connectivity index (χ4v) is 7.52. The first kappa shape index (κ1) is 16.1. The van der Waals surface area contributed by atoms with Crippen LogP contribution in [-0.4, -0.2) is 54.2 Å². The molecule has 7 rings (SSSR count). The van der Waals surface area contributed by atoms with Crippen LogP contribution in [0.15, 0.2) is 24.3 Å². The highest BCUT2D eigenvalue weighted by Crippen LogP contribution is 2.74. The number of nitrogens with zero attached hydrogens (tertiary/aromatic N) is 1. The minimum Gasteiger partial charge on any atom is -0.504 e. The summed E-state index contributed by atoms with van der Waals surface area (Å²) in [6.45, 7) is 2.66. The lowest BCUT2D eigenvalue weighted by atomic mass is 9.37. The monoisotopic (exact) mass is 367 g/mol. The summed E-state index contributed by atoms with van der Waals surface area (Å²) in [5, 5.41) is 10.6. The van der Waals surface area contributed by atoms with Crippen LogP contribution in [0.4, 0.5) is 0 Å². The minimum absolute atomic E-state index is 0.158. The van der Waals surface area contributed by atoms with Crippen molar-refractivity contribution in [2.75, 3.05) is 20.7 Å². The molecule has 5 nitrogen and oxygen atoms in total. The van der Waals surface area contributed by atoms with Gasteiger partial charge in [0.15, 0.2) is 11.5 Å². The number of benzene rings is 1. The van der Waals surface area contributed by atoms with Gasteiger partial charge in [-0.05, 0) is 51.4 Å². The van der Waals surface area contributed by atoms with Crippen molar-refractivity contribution in [2.45, 2.75) is 49.3 Å². The zero-order valence-electron chi connectivity index (χ0n) is 16.0. The highest BCUT2D eigenvalue weighted by atomic mass is 16.6. The van der Waals surface area contributed by atoms with Gasteiger partial charge in [0.05, 0.1) is 11.3 Å². The number of piperidine rings is 1. The number of carbonyl (C=O) groups excluding carboxylic acids is 1. The molecule has 1 aromatic carbocycles. The Bertz CT molecular complexity index is 925. The first-order chi connectivity index (χ1) is 12.9. The summed E-state index contributed by atoms with van der Waals surface area (Å²) in [5.74, 6) is 0.762. The third kappa shape index (κ3) is 1.43. The van der Waals surface area contributed by atoms with Crippen LogP contribution < -0.4 is 4.74 Å². The second-order valence-corrected chi connectivity index (χ2v) is 9.17. The number of fused-ring (bicyclic) bond motifs is 1. The van der Waals surface area contributed by atoms with E-state index in [1.165, 1.54) is 11.1 Å². The molecule has 4 bridgehead atoms. The molecule has 1 saturated heterocycles. The van der Waals surface area contributed by atoms with Gasteiger partial charge >= 0.3 is 0 Å². The zero-order valence-corrected chi connectivity index (χ0v) is 16.0. The molecule has 0 aromatic heterocycles. The number of Topliss-reactive ketones (excluding diaryl/α,β-unsaturated/α-hetero) is 1. The molecule has 6 atom stereocenters. The summed E-state index contributed by atoms with van der Waals surface area (Å²) >= 11 is 0. The van der Waals surface area contributed by atoms with Crippen molar-refractivity contribution in [3.05, 3.63) is 35.4 Å². The molecule has 2 spiro atoms. The number of methoxy groups -OCH3 is 1. The zero-order chi connectivity index (χ0) is 18.8. The molecule has 0 amide bonds. The van der Waals surface area contributed by atoms with Crippen LogP contribution in [0.2, 0.25) is 0 Å². The number of likely N-dealkylation sites (tertiary alicyclic amines) is 1. The first-order valence-corrected chi connectivity index (χ1v) is 9.89. The van der Waals surface area contributed by atoms with Crippen molar-refractivity contribution >= 4 is 5.78 Å². The van der Waals surface area contributed by atoms with Crippen molar-refractivity contribution in [1.29, 1.82) is 0 Å². The predicted molar refractivity (Wildman–Crippen MR) is 99.0 cm³/mol. The Balaban J connectivity index is 1.73. The number of hydrogen-bond acceptors (Lipinski definition) is 5. The molecule has 0 radical (unpaired) electrons. The van der Waals surface area contributed by atoms with E-state index in [-0.39, 0.29) is 34.4 Å². The lowest BCUT2D eigenvalue weighted by molar-refractivity contribution is -0.212. The van der Waals surface area contributed by atoms with Crippen molar-refractivity contribution in [3.8, 4) is 11.5 Å². The summed E-state index contributed by atoms with van der Waals surface area (Å²) in [6.07, 6.45) is 6.85. The maximum atomic E-state index is 12.7. The average molecular weight is 367 g/mol. The fourth-order valence-electron chi connectivity index (χ4n) is 7.52. The van der Waals surface area contributed by atoms with Crippen molar-refractivity contribution in [3.63, 3.8) is 0 Å². The maximum Gasteiger partial charge on any atom is 0.165 e. The molecule has 2 aliphatic heterocycles. The molecule has 4 aliphatic carbocycles. The normalized spacial score (nSPS) is 45.5. The highest BCUT2D eigenvalue weighted by Gasteiger charge is 2.79. The minimum atomic E-state index is -0.770. The van der Waals surface area contributed by atoms with E-state index in [4.69, 9.17) is 9.47 Å². The number of phenols is 1. The van der Waals surface area contributed by atoms with E-state index >= 15 is 0 Å². The molecule has 1 aromatic rings. The van der Waals surface area contributed by atoms with Gasteiger partial charge in [-0.25, -0.2) is 0 Å². The number of likely N-dealkylation sites (N-methyl/N-ethyl adjacent to an activating group) is 1. The van der Waals surface area contributed by atoms with Crippen molar-refractivity contribution in [2.24, 2.45) is 11.3 Å². The maximum absolute atomic E-state index is 12.7. The lowest BCUT2D eigenvalue weighted by Crippen LogP contribution is -2.79. The third-order valence-corrected chi connectivity index (χ3v) is 8.56. The SMILES string of the molecule is CO[C@]12C=C[C@@]3(C[C@@H]1C(C)=O)C1Cc4ccc(O)c5c4C3(CCN1C)C2O5. The third-order valence-electron chi connectivity index (χ3n) is 8.56. The van der Waals surface area contributed by atoms with E-state index in [0.29, 0.717) is 11.8 Å². The smallest absolute Gasteiger partial charge is 0.165 e. The topological polar surface area (TPSA) is 59.0 Å². The average Bonchev–Trinajstić information content (AvgIpc) is 3.03. The van der Waals surface area contributed by atoms with Gasteiger partial charge in [-0.3, -0.25) is 4.79 Å². The number of carbonyl (C=O) groups is 1. The molecular formula is C22H25NO4. The van der Waals surface area contributed by atoms with E-state index in [1.807, 2.05) is 0 Å². The fraction of sp³-hybridized carbons (Fsp3) is 0.591. The van der Waals surface area contributed by atoms with Crippen LogP contribution in [0.25, 0.3) is 0 Å². The predicted octanol–water partition coefficient (Wildman–Crippen LogP) is 2.20. The van der Waals surface area contributed by atoms with Gasteiger partial charge in [0.1, 0.15) is 17.5 Å². The first-order valence-electron chi connectivity index (χ1n) is 9.89. The van der Waals surface area contributed by atoms with Gasteiger partial charge in [0.25, 0.3) is 0 Å². The molecule has 2 heterocycles. The Labute approximate surface area is 158 Å². The Hall–Kier alpha value is -1.85.